The van der Waals surface area contributed by atoms with Crippen molar-refractivity contribution in [1.29, 1.82) is 0 Å². The van der Waals surface area contributed by atoms with Crippen molar-refractivity contribution in [2.45, 2.75) is 39.7 Å². The highest BCUT2D eigenvalue weighted by Gasteiger charge is 2.23. The number of thiophene rings is 1. The number of hydrogen-bond donors (Lipinski definition) is 3. The van der Waals surface area contributed by atoms with E-state index in [0.717, 1.165) is 31.0 Å². The van der Waals surface area contributed by atoms with Crippen molar-refractivity contribution < 1.29 is 5.11 Å². The van der Waals surface area contributed by atoms with Crippen LogP contribution in [0.1, 0.15) is 39.7 Å². The first-order valence-electron chi connectivity index (χ1n) is 7.23. The zero-order chi connectivity index (χ0) is 15.0. The first-order chi connectivity index (χ1) is 9.45. The molecular formula is C15H28IN3OS. The van der Waals surface area contributed by atoms with Crippen LogP contribution in [0.25, 0.3) is 0 Å². The molecule has 0 aliphatic rings. The molecule has 1 aromatic rings. The summed E-state index contributed by atoms with van der Waals surface area (Å²) in [6, 6.07) is 1.94. The second-order valence-electron chi connectivity index (χ2n) is 5.59. The SMILES string of the molecule is CCNC(=NCC(C)(O)c1ccsc1)NCCC(C)C.I. The van der Waals surface area contributed by atoms with Crippen LogP contribution >= 0.6 is 35.3 Å². The average Bonchev–Trinajstić information content (AvgIpc) is 2.90. The maximum atomic E-state index is 10.4. The first-order valence-corrected chi connectivity index (χ1v) is 8.17. The minimum Gasteiger partial charge on any atom is -0.383 e. The number of guanidine groups is 1. The lowest BCUT2D eigenvalue weighted by molar-refractivity contribution is 0.0677. The molecule has 122 valence electrons. The molecule has 0 spiro atoms. The van der Waals surface area contributed by atoms with Gasteiger partial charge in [-0.05, 0) is 48.6 Å². The Balaban J connectivity index is 0.00000400. The lowest BCUT2D eigenvalue weighted by Crippen LogP contribution is -2.39. The molecule has 0 amide bonds. The fourth-order valence-corrected chi connectivity index (χ4v) is 2.50. The number of aliphatic imine (C=N–C) groups is 1. The highest BCUT2D eigenvalue weighted by molar-refractivity contribution is 14.0. The third-order valence-electron chi connectivity index (χ3n) is 3.05. The van der Waals surface area contributed by atoms with Gasteiger partial charge in [0.2, 0.25) is 0 Å². The van der Waals surface area contributed by atoms with E-state index in [-0.39, 0.29) is 24.0 Å². The summed E-state index contributed by atoms with van der Waals surface area (Å²) in [6.45, 7) is 10.3. The van der Waals surface area contributed by atoms with Gasteiger partial charge >= 0.3 is 0 Å². The van der Waals surface area contributed by atoms with Crippen molar-refractivity contribution >= 4 is 41.3 Å². The Morgan fingerprint density at radius 2 is 2.14 bits per heavy atom. The smallest absolute Gasteiger partial charge is 0.191 e. The maximum Gasteiger partial charge on any atom is 0.191 e. The number of halogens is 1. The number of rotatable bonds is 7. The van der Waals surface area contributed by atoms with E-state index in [1.807, 2.05) is 23.8 Å². The molecule has 21 heavy (non-hydrogen) atoms. The van der Waals surface area contributed by atoms with Crippen molar-refractivity contribution in [3.8, 4) is 0 Å². The second-order valence-corrected chi connectivity index (χ2v) is 6.37. The summed E-state index contributed by atoms with van der Waals surface area (Å²) in [4.78, 5) is 4.49. The molecule has 1 atom stereocenters. The third kappa shape index (κ3) is 8.01. The van der Waals surface area contributed by atoms with Crippen LogP contribution in [-0.4, -0.2) is 30.7 Å². The van der Waals surface area contributed by atoms with Gasteiger partial charge in [0.1, 0.15) is 5.60 Å². The molecule has 0 bridgehead atoms. The van der Waals surface area contributed by atoms with Crippen LogP contribution in [0.2, 0.25) is 0 Å². The van der Waals surface area contributed by atoms with E-state index >= 15 is 0 Å². The number of aliphatic hydroxyl groups is 1. The number of hydrogen-bond acceptors (Lipinski definition) is 3. The average molecular weight is 425 g/mol. The van der Waals surface area contributed by atoms with E-state index < -0.39 is 5.60 Å². The standard InChI is InChI=1S/C15H27N3OS.HI/c1-5-16-14(17-8-6-12(2)3)18-11-15(4,19)13-7-9-20-10-13;/h7,9-10,12,19H,5-6,8,11H2,1-4H3,(H2,16,17,18);1H. The molecule has 0 aromatic carbocycles. The molecule has 1 heterocycles. The summed E-state index contributed by atoms with van der Waals surface area (Å²) < 4.78 is 0. The van der Waals surface area contributed by atoms with Gasteiger partial charge in [-0.2, -0.15) is 11.3 Å². The highest BCUT2D eigenvalue weighted by atomic mass is 127. The van der Waals surface area contributed by atoms with Gasteiger partial charge in [0, 0.05) is 13.1 Å². The summed E-state index contributed by atoms with van der Waals surface area (Å²) in [5.74, 6) is 1.43. The molecule has 0 aliphatic heterocycles. The largest absolute Gasteiger partial charge is 0.383 e. The lowest BCUT2D eigenvalue weighted by atomic mass is 10.00. The van der Waals surface area contributed by atoms with Crippen molar-refractivity contribution in [3.63, 3.8) is 0 Å². The molecule has 1 unspecified atom stereocenters. The van der Waals surface area contributed by atoms with Crippen LogP contribution in [0.5, 0.6) is 0 Å². The normalized spacial score (nSPS) is 14.5. The van der Waals surface area contributed by atoms with Crippen molar-refractivity contribution in [2.75, 3.05) is 19.6 Å². The van der Waals surface area contributed by atoms with Crippen LogP contribution in [0, 0.1) is 5.92 Å². The van der Waals surface area contributed by atoms with E-state index in [2.05, 4.69) is 29.5 Å². The van der Waals surface area contributed by atoms with Crippen LogP contribution in [-0.2, 0) is 5.60 Å². The summed E-state index contributed by atoms with van der Waals surface area (Å²) in [5.41, 5.74) is 0.00436. The predicted octanol–water partition coefficient (Wildman–Crippen LogP) is 3.17. The summed E-state index contributed by atoms with van der Waals surface area (Å²) in [7, 11) is 0. The monoisotopic (exact) mass is 425 g/mol. The summed E-state index contributed by atoms with van der Waals surface area (Å²) >= 11 is 1.59. The Morgan fingerprint density at radius 3 is 2.67 bits per heavy atom. The van der Waals surface area contributed by atoms with E-state index in [9.17, 15) is 5.11 Å². The van der Waals surface area contributed by atoms with Crippen LogP contribution in [0.3, 0.4) is 0 Å². The molecule has 0 fully saturated rings. The Labute approximate surface area is 149 Å². The van der Waals surface area contributed by atoms with Gasteiger partial charge in [-0.3, -0.25) is 0 Å². The van der Waals surface area contributed by atoms with Crippen LogP contribution < -0.4 is 10.6 Å². The van der Waals surface area contributed by atoms with Gasteiger partial charge in [-0.25, -0.2) is 4.99 Å². The fourth-order valence-electron chi connectivity index (χ4n) is 1.72. The van der Waals surface area contributed by atoms with E-state index in [1.54, 1.807) is 18.3 Å². The first kappa shape index (κ1) is 20.7. The van der Waals surface area contributed by atoms with Gasteiger partial charge in [-0.15, -0.1) is 24.0 Å². The van der Waals surface area contributed by atoms with Gasteiger partial charge in [0.25, 0.3) is 0 Å². The lowest BCUT2D eigenvalue weighted by Gasteiger charge is -2.21. The van der Waals surface area contributed by atoms with Gasteiger partial charge in [-0.1, -0.05) is 13.8 Å². The molecule has 3 N–H and O–H groups in total. The molecular weight excluding hydrogens is 397 g/mol. The Kier molecular flexibility index (Phi) is 10.2. The fraction of sp³-hybridized carbons (Fsp3) is 0.667. The van der Waals surface area contributed by atoms with Gasteiger partial charge in [0.05, 0.1) is 6.54 Å². The van der Waals surface area contributed by atoms with Crippen LogP contribution in [0.15, 0.2) is 21.8 Å². The topological polar surface area (TPSA) is 56.7 Å². The minimum absolute atomic E-state index is 0. The molecule has 0 aliphatic carbocycles. The Hall–Kier alpha value is -0.340. The van der Waals surface area contributed by atoms with Gasteiger partial charge < -0.3 is 15.7 Å². The molecule has 1 rings (SSSR count). The highest BCUT2D eigenvalue weighted by Crippen LogP contribution is 2.23. The van der Waals surface area contributed by atoms with Crippen molar-refractivity contribution in [3.05, 3.63) is 22.4 Å². The molecule has 6 heteroatoms. The maximum absolute atomic E-state index is 10.4. The second kappa shape index (κ2) is 10.4. The van der Waals surface area contributed by atoms with E-state index in [4.69, 9.17) is 0 Å². The quantitative estimate of drug-likeness (QED) is 0.357. The minimum atomic E-state index is -0.916. The molecule has 4 nitrogen and oxygen atoms in total. The number of nitrogens with zero attached hydrogens (tertiary/aromatic N) is 1. The predicted molar refractivity (Wildman–Crippen MR) is 103 cm³/mol. The van der Waals surface area contributed by atoms with E-state index in [1.165, 1.54) is 0 Å². The number of nitrogens with one attached hydrogen (secondary N) is 2. The van der Waals surface area contributed by atoms with Crippen molar-refractivity contribution in [2.24, 2.45) is 10.9 Å². The molecule has 0 saturated carbocycles. The Morgan fingerprint density at radius 1 is 1.43 bits per heavy atom. The van der Waals surface area contributed by atoms with E-state index in [0.29, 0.717) is 12.5 Å². The van der Waals surface area contributed by atoms with Crippen LogP contribution in [0.4, 0.5) is 0 Å². The zero-order valence-corrected chi connectivity index (χ0v) is 16.5. The van der Waals surface area contributed by atoms with Crippen molar-refractivity contribution in [1.82, 2.24) is 10.6 Å². The molecule has 0 saturated heterocycles. The molecule has 0 radical (unpaired) electrons. The summed E-state index contributed by atoms with van der Waals surface area (Å²) in [5, 5.41) is 20.9. The molecule has 1 aromatic heterocycles. The van der Waals surface area contributed by atoms with Gasteiger partial charge in [0.15, 0.2) is 5.96 Å². The Bertz CT molecular complexity index is 405. The summed E-state index contributed by atoms with van der Waals surface area (Å²) in [6.07, 6.45) is 1.10. The zero-order valence-electron chi connectivity index (χ0n) is 13.3. The third-order valence-corrected chi connectivity index (χ3v) is 3.73.